The molecule has 0 saturated carbocycles. The molecule has 1 aliphatic rings. The first-order valence-electron chi connectivity index (χ1n) is 7.00. The molecule has 1 saturated heterocycles. The molecule has 2 rings (SSSR count). The van der Waals surface area contributed by atoms with E-state index >= 15 is 0 Å². The summed E-state index contributed by atoms with van der Waals surface area (Å²) in [7, 11) is 0. The molecule has 0 N–H and O–H groups in total. The number of carbonyl (C=O) groups is 1. The van der Waals surface area contributed by atoms with Gasteiger partial charge in [0, 0.05) is 32.7 Å². The highest BCUT2D eigenvalue weighted by Crippen LogP contribution is 2.16. The Morgan fingerprint density at radius 1 is 1.30 bits per heavy atom. The molecule has 1 aromatic rings. The maximum atomic E-state index is 12.1. The second-order valence-corrected chi connectivity index (χ2v) is 5.02. The zero-order valence-corrected chi connectivity index (χ0v) is 12.0. The second kappa shape index (κ2) is 7.10. The van der Waals surface area contributed by atoms with E-state index in [1.807, 2.05) is 42.2 Å². The van der Waals surface area contributed by atoms with E-state index < -0.39 is 0 Å². The Morgan fingerprint density at radius 3 is 2.65 bits per heavy atom. The summed E-state index contributed by atoms with van der Waals surface area (Å²) in [4.78, 5) is 16.3. The number of amides is 1. The summed E-state index contributed by atoms with van der Waals surface area (Å²) in [6.07, 6.45) is 1.90. The molecule has 1 aliphatic heterocycles. The quantitative estimate of drug-likeness (QED) is 0.766. The minimum absolute atomic E-state index is 0.0616. The zero-order chi connectivity index (χ0) is 14.4. The Bertz CT molecular complexity index is 465. The zero-order valence-electron chi connectivity index (χ0n) is 12.0. The number of benzene rings is 1. The van der Waals surface area contributed by atoms with Gasteiger partial charge in [-0.05, 0) is 18.6 Å². The van der Waals surface area contributed by atoms with E-state index in [1.165, 1.54) is 0 Å². The van der Waals surface area contributed by atoms with Gasteiger partial charge in [-0.25, -0.2) is 0 Å². The first-order valence-corrected chi connectivity index (χ1v) is 7.00. The molecule has 0 spiro atoms. The van der Waals surface area contributed by atoms with Crippen LogP contribution in [0.25, 0.3) is 0 Å². The van der Waals surface area contributed by atoms with Crippen molar-refractivity contribution in [3.8, 4) is 5.75 Å². The highest BCUT2D eigenvalue weighted by Gasteiger charge is 2.20. The number of nitrogens with zero attached hydrogens (tertiary/aromatic N) is 2. The van der Waals surface area contributed by atoms with Gasteiger partial charge in [-0.15, -0.1) is 6.58 Å². The van der Waals surface area contributed by atoms with Crippen LogP contribution in [0.15, 0.2) is 36.9 Å². The lowest BCUT2D eigenvalue weighted by molar-refractivity contribution is -0.135. The van der Waals surface area contributed by atoms with Crippen LogP contribution in [0.2, 0.25) is 0 Å². The predicted octanol–water partition coefficient (Wildman–Crippen LogP) is 1.70. The third-order valence-corrected chi connectivity index (χ3v) is 3.56. The fraction of sp³-hybridized carbons (Fsp3) is 0.438. The molecule has 1 heterocycles. The number of rotatable bonds is 5. The van der Waals surface area contributed by atoms with Crippen LogP contribution in [0.1, 0.15) is 5.56 Å². The topological polar surface area (TPSA) is 32.8 Å². The number of hydrogen-bond acceptors (Lipinski definition) is 3. The molecule has 0 atom stereocenters. The molecule has 0 radical (unpaired) electrons. The van der Waals surface area contributed by atoms with Crippen LogP contribution in [0.5, 0.6) is 5.75 Å². The monoisotopic (exact) mass is 274 g/mol. The second-order valence-electron chi connectivity index (χ2n) is 5.02. The summed E-state index contributed by atoms with van der Waals surface area (Å²) in [5.74, 6) is 0.845. The molecule has 1 fully saturated rings. The van der Waals surface area contributed by atoms with Crippen molar-refractivity contribution >= 4 is 5.91 Å². The van der Waals surface area contributed by atoms with E-state index in [0.717, 1.165) is 44.0 Å². The van der Waals surface area contributed by atoms with Crippen LogP contribution in [0, 0.1) is 6.92 Å². The van der Waals surface area contributed by atoms with E-state index in [-0.39, 0.29) is 12.5 Å². The van der Waals surface area contributed by atoms with Gasteiger partial charge >= 0.3 is 0 Å². The lowest BCUT2D eigenvalue weighted by Gasteiger charge is -2.34. The normalized spacial score (nSPS) is 15.9. The molecular formula is C16H22N2O2. The molecule has 0 aromatic heterocycles. The molecule has 0 aliphatic carbocycles. The van der Waals surface area contributed by atoms with Crippen molar-refractivity contribution in [2.75, 3.05) is 39.3 Å². The third kappa shape index (κ3) is 3.84. The predicted molar refractivity (Wildman–Crippen MR) is 79.9 cm³/mol. The minimum Gasteiger partial charge on any atom is -0.484 e. The van der Waals surface area contributed by atoms with Gasteiger partial charge in [0.05, 0.1) is 0 Å². The van der Waals surface area contributed by atoms with Gasteiger partial charge in [0.25, 0.3) is 5.91 Å². The standard InChI is InChI=1S/C16H22N2O2/c1-3-8-17-9-11-18(12-10-17)16(19)13-20-15-7-5-4-6-14(15)2/h3-7H,1,8-13H2,2H3. The SMILES string of the molecule is C=CCN1CCN(C(=O)COc2ccccc2C)CC1. The average molecular weight is 274 g/mol. The number of carbonyl (C=O) groups excluding carboxylic acids is 1. The molecule has 4 heteroatoms. The van der Waals surface area contributed by atoms with Crippen molar-refractivity contribution in [1.29, 1.82) is 0 Å². The van der Waals surface area contributed by atoms with Crippen LogP contribution in [0.3, 0.4) is 0 Å². The number of hydrogen-bond donors (Lipinski definition) is 0. The largest absolute Gasteiger partial charge is 0.484 e. The maximum absolute atomic E-state index is 12.1. The summed E-state index contributed by atoms with van der Waals surface area (Å²) in [6.45, 7) is 10.1. The smallest absolute Gasteiger partial charge is 0.260 e. The van der Waals surface area contributed by atoms with Crippen molar-refractivity contribution in [2.45, 2.75) is 6.92 Å². The summed E-state index contributed by atoms with van der Waals surface area (Å²) in [5, 5.41) is 0. The van der Waals surface area contributed by atoms with Crippen LogP contribution < -0.4 is 4.74 Å². The first kappa shape index (κ1) is 14.6. The van der Waals surface area contributed by atoms with Gasteiger partial charge in [-0.1, -0.05) is 24.3 Å². The minimum atomic E-state index is 0.0616. The molecule has 20 heavy (non-hydrogen) atoms. The van der Waals surface area contributed by atoms with Crippen LogP contribution in [0.4, 0.5) is 0 Å². The van der Waals surface area contributed by atoms with Crippen LogP contribution in [-0.4, -0.2) is 55.0 Å². The van der Waals surface area contributed by atoms with Gasteiger partial charge in [-0.3, -0.25) is 9.69 Å². The molecule has 0 bridgehead atoms. The van der Waals surface area contributed by atoms with Crippen LogP contribution in [-0.2, 0) is 4.79 Å². The fourth-order valence-electron chi connectivity index (χ4n) is 2.31. The number of piperazine rings is 1. The average Bonchev–Trinajstić information content (AvgIpc) is 2.47. The summed E-state index contributed by atoms with van der Waals surface area (Å²) >= 11 is 0. The fourth-order valence-corrected chi connectivity index (χ4v) is 2.31. The Labute approximate surface area is 120 Å². The van der Waals surface area contributed by atoms with E-state index in [1.54, 1.807) is 0 Å². The van der Waals surface area contributed by atoms with Crippen molar-refractivity contribution < 1.29 is 9.53 Å². The Hall–Kier alpha value is -1.81. The maximum Gasteiger partial charge on any atom is 0.260 e. The Morgan fingerprint density at radius 2 is 2.00 bits per heavy atom. The van der Waals surface area contributed by atoms with E-state index in [2.05, 4.69) is 11.5 Å². The van der Waals surface area contributed by atoms with E-state index in [0.29, 0.717) is 0 Å². The number of para-hydroxylation sites is 1. The van der Waals surface area contributed by atoms with Gasteiger partial charge in [0.1, 0.15) is 5.75 Å². The molecule has 4 nitrogen and oxygen atoms in total. The van der Waals surface area contributed by atoms with Crippen LogP contribution >= 0.6 is 0 Å². The lowest BCUT2D eigenvalue weighted by atomic mass is 10.2. The Balaban J connectivity index is 1.79. The van der Waals surface area contributed by atoms with Gasteiger partial charge in [0.2, 0.25) is 0 Å². The molecule has 0 unspecified atom stereocenters. The highest BCUT2D eigenvalue weighted by molar-refractivity contribution is 5.78. The molecule has 1 amide bonds. The number of ether oxygens (including phenoxy) is 1. The van der Waals surface area contributed by atoms with Crippen molar-refractivity contribution in [2.24, 2.45) is 0 Å². The first-order chi connectivity index (χ1) is 9.70. The molecule has 1 aromatic carbocycles. The van der Waals surface area contributed by atoms with Crippen molar-refractivity contribution in [1.82, 2.24) is 9.80 Å². The summed E-state index contributed by atoms with van der Waals surface area (Å²) in [6, 6.07) is 7.75. The van der Waals surface area contributed by atoms with Gasteiger partial charge in [0.15, 0.2) is 6.61 Å². The van der Waals surface area contributed by atoms with Crippen molar-refractivity contribution in [3.63, 3.8) is 0 Å². The summed E-state index contributed by atoms with van der Waals surface area (Å²) < 4.78 is 5.61. The number of aryl methyl sites for hydroxylation is 1. The van der Waals surface area contributed by atoms with Gasteiger partial charge in [-0.2, -0.15) is 0 Å². The Kier molecular flexibility index (Phi) is 5.18. The lowest BCUT2D eigenvalue weighted by Crippen LogP contribution is -2.49. The third-order valence-electron chi connectivity index (χ3n) is 3.56. The highest BCUT2D eigenvalue weighted by atomic mass is 16.5. The van der Waals surface area contributed by atoms with Gasteiger partial charge < -0.3 is 9.64 Å². The summed E-state index contributed by atoms with van der Waals surface area (Å²) in [5.41, 5.74) is 1.05. The van der Waals surface area contributed by atoms with E-state index in [9.17, 15) is 4.79 Å². The molecular weight excluding hydrogens is 252 g/mol. The van der Waals surface area contributed by atoms with Crippen molar-refractivity contribution in [3.05, 3.63) is 42.5 Å². The van der Waals surface area contributed by atoms with E-state index in [4.69, 9.17) is 4.74 Å². The molecule has 108 valence electrons.